The fourth-order valence-electron chi connectivity index (χ4n) is 1.50. The van der Waals surface area contributed by atoms with E-state index in [4.69, 9.17) is 9.47 Å². The normalized spacial score (nSPS) is 11.6. The van der Waals surface area contributed by atoms with Crippen LogP contribution in [0.25, 0.3) is 0 Å². The summed E-state index contributed by atoms with van der Waals surface area (Å²) in [5.74, 6) is 1.39. The first-order valence-electron chi connectivity index (χ1n) is 5.78. The smallest absolute Gasteiger partial charge is 0.278 e. The molecule has 0 radical (unpaired) electrons. The van der Waals surface area contributed by atoms with Gasteiger partial charge in [0.25, 0.3) is 10.2 Å². The first-order chi connectivity index (χ1) is 8.90. The number of methoxy groups -OCH3 is 2. The molecule has 0 aromatic heterocycles. The topological polar surface area (TPSA) is 67.9 Å². The lowest BCUT2D eigenvalue weighted by molar-refractivity contribution is 0.391. The molecule has 0 saturated carbocycles. The zero-order valence-electron chi connectivity index (χ0n) is 11.6. The lowest BCUT2D eigenvalue weighted by Gasteiger charge is -2.13. The molecular weight excluding hydrogens is 268 g/mol. The minimum atomic E-state index is -3.38. The van der Waals surface area contributed by atoms with Gasteiger partial charge in [0.05, 0.1) is 14.2 Å². The maximum absolute atomic E-state index is 11.5. The van der Waals surface area contributed by atoms with Crippen molar-refractivity contribution in [3.63, 3.8) is 0 Å². The molecule has 1 aromatic rings. The fourth-order valence-corrected chi connectivity index (χ4v) is 2.12. The molecule has 0 heterocycles. The van der Waals surface area contributed by atoms with Crippen LogP contribution in [0.1, 0.15) is 5.56 Å². The van der Waals surface area contributed by atoms with Gasteiger partial charge < -0.3 is 9.47 Å². The van der Waals surface area contributed by atoms with E-state index >= 15 is 0 Å². The third kappa shape index (κ3) is 4.38. The van der Waals surface area contributed by atoms with Crippen molar-refractivity contribution >= 4 is 10.2 Å². The Morgan fingerprint density at radius 1 is 1.21 bits per heavy atom. The molecule has 0 aliphatic heterocycles. The monoisotopic (exact) mass is 288 g/mol. The molecule has 1 N–H and O–H groups in total. The summed E-state index contributed by atoms with van der Waals surface area (Å²) in [6.45, 7) is 0.309. The van der Waals surface area contributed by atoms with Gasteiger partial charge >= 0.3 is 0 Å². The summed E-state index contributed by atoms with van der Waals surface area (Å²) in [5.41, 5.74) is 0.921. The Kier molecular flexibility index (Phi) is 5.59. The van der Waals surface area contributed by atoms with Crippen LogP contribution in [0.4, 0.5) is 0 Å². The molecule has 1 aromatic carbocycles. The quantitative estimate of drug-likeness (QED) is 0.799. The van der Waals surface area contributed by atoms with Crippen molar-refractivity contribution in [3.05, 3.63) is 23.8 Å². The second kappa shape index (κ2) is 6.74. The van der Waals surface area contributed by atoms with Crippen molar-refractivity contribution in [2.75, 3.05) is 34.9 Å². The standard InChI is InChI=1S/C12H20N2O4S/c1-14(2)19(15,16)13-8-7-10-5-6-11(17-3)9-12(10)18-4/h5-6,9,13H,7-8H2,1-4H3. The lowest BCUT2D eigenvalue weighted by Crippen LogP contribution is -2.36. The molecule has 19 heavy (non-hydrogen) atoms. The number of ether oxygens (including phenoxy) is 2. The molecule has 0 saturated heterocycles. The summed E-state index contributed by atoms with van der Waals surface area (Å²) >= 11 is 0. The van der Waals surface area contributed by atoms with Gasteiger partial charge in [-0.2, -0.15) is 12.7 Å². The van der Waals surface area contributed by atoms with Gasteiger partial charge in [-0.3, -0.25) is 0 Å². The fraction of sp³-hybridized carbons (Fsp3) is 0.500. The Morgan fingerprint density at radius 3 is 2.42 bits per heavy atom. The minimum Gasteiger partial charge on any atom is -0.497 e. The average Bonchev–Trinajstić information content (AvgIpc) is 2.38. The SMILES string of the molecule is COc1ccc(CCNS(=O)(=O)N(C)C)c(OC)c1. The summed E-state index contributed by atoms with van der Waals surface area (Å²) in [7, 11) is 2.74. The predicted molar refractivity (Wildman–Crippen MR) is 73.9 cm³/mol. The second-order valence-corrected chi connectivity index (χ2v) is 6.08. The highest BCUT2D eigenvalue weighted by Crippen LogP contribution is 2.24. The Morgan fingerprint density at radius 2 is 1.89 bits per heavy atom. The van der Waals surface area contributed by atoms with Crippen LogP contribution >= 0.6 is 0 Å². The van der Waals surface area contributed by atoms with Crippen molar-refractivity contribution in [1.82, 2.24) is 9.03 Å². The number of nitrogens with one attached hydrogen (secondary N) is 1. The Bertz CT molecular complexity index is 514. The maximum Gasteiger partial charge on any atom is 0.278 e. The molecule has 0 spiro atoms. The summed E-state index contributed by atoms with van der Waals surface area (Å²) in [5, 5.41) is 0. The van der Waals surface area contributed by atoms with Gasteiger partial charge in [-0.15, -0.1) is 0 Å². The lowest BCUT2D eigenvalue weighted by atomic mass is 10.1. The molecule has 0 aliphatic carbocycles. The summed E-state index contributed by atoms with van der Waals surface area (Å²) < 4.78 is 37.1. The van der Waals surface area contributed by atoms with E-state index in [9.17, 15) is 8.42 Å². The molecule has 1 rings (SSSR count). The molecule has 7 heteroatoms. The van der Waals surface area contributed by atoms with Gasteiger partial charge in [0.15, 0.2) is 0 Å². The van der Waals surface area contributed by atoms with Crippen molar-refractivity contribution in [2.45, 2.75) is 6.42 Å². The van der Waals surface area contributed by atoms with Crippen LogP contribution in [0.15, 0.2) is 18.2 Å². The third-order valence-corrected chi connectivity index (χ3v) is 4.18. The molecular formula is C12H20N2O4S. The van der Waals surface area contributed by atoms with Gasteiger partial charge in [-0.05, 0) is 18.1 Å². The Hall–Kier alpha value is -1.31. The van der Waals surface area contributed by atoms with Crippen LogP contribution in [0.3, 0.4) is 0 Å². The summed E-state index contributed by atoms with van der Waals surface area (Å²) in [6.07, 6.45) is 0.542. The molecule has 108 valence electrons. The van der Waals surface area contributed by atoms with E-state index in [1.165, 1.54) is 14.1 Å². The highest BCUT2D eigenvalue weighted by atomic mass is 32.2. The predicted octanol–water partition coefficient (Wildman–Crippen LogP) is 0.642. The van der Waals surface area contributed by atoms with E-state index in [0.29, 0.717) is 24.5 Å². The van der Waals surface area contributed by atoms with Gasteiger partial charge in [0.1, 0.15) is 11.5 Å². The molecule has 0 amide bonds. The van der Waals surface area contributed by atoms with Gasteiger partial charge in [0, 0.05) is 26.7 Å². The van der Waals surface area contributed by atoms with Crippen LogP contribution in [0.2, 0.25) is 0 Å². The maximum atomic E-state index is 11.5. The minimum absolute atomic E-state index is 0.309. The van der Waals surface area contributed by atoms with E-state index in [2.05, 4.69) is 4.72 Å². The highest BCUT2D eigenvalue weighted by molar-refractivity contribution is 7.87. The highest BCUT2D eigenvalue weighted by Gasteiger charge is 2.12. The van der Waals surface area contributed by atoms with Crippen molar-refractivity contribution in [1.29, 1.82) is 0 Å². The molecule has 0 bridgehead atoms. The molecule has 0 atom stereocenters. The van der Waals surface area contributed by atoms with Crippen molar-refractivity contribution in [3.8, 4) is 11.5 Å². The number of hydrogen-bond acceptors (Lipinski definition) is 4. The number of hydrogen-bond donors (Lipinski definition) is 1. The van der Waals surface area contributed by atoms with Gasteiger partial charge in [0.2, 0.25) is 0 Å². The summed E-state index contributed by atoms with van der Waals surface area (Å²) in [6, 6.07) is 5.45. The van der Waals surface area contributed by atoms with Crippen molar-refractivity contribution in [2.24, 2.45) is 0 Å². The average molecular weight is 288 g/mol. The van der Waals surface area contributed by atoms with Crippen LogP contribution in [-0.4, -0.2) is 47.6 Å². The first-order valence-corrected chi connectivity index (χ1v) is 7.22. The molecule has 0 aliphatic rings. The third-order valence-electron chi connectivity index (χ3n) is 2.65. The second-order valence-electron chi connectivity index (χ2n) is 4.11. The van der Waals surface area contributed by atoms with Crippen LogP contribution in [-0.2, 0) is 16.6 Å². The zero-order chi connectivity index (χ0) is 14.5. The number of rotatable bonds is 7. The summed E-state index contributed by atoms with van der Waals surface area (Å²) in [4.78, 5) is 0. The van der Waals surface area contributed by atoms with Crippen LogP contribution in [0, 0.1) is 0 Å². The Labute approximate surface area is 114 Å². The van der Waals surface area contributed by atoms with Crippen LogP contribution in [0.5, 0.6) is 11.5 Å². The largest absolute Gasteiger partial charge is 0.497 e. The molecule has 0 fully saturated rings. The van der Waals surface area contributed by atoms with E-state index in [0.717, 1.165) is 9.87 Å². The van der Waals surface area contributed by atoms with Crippen molar-refractivity contribution < 1.29 is 17.9 Å². The first kappa shape index (κ1) is 15.7. The Balaban J connectivity index is 2.68. The zero-order valence-corrected chi connectivity index (χ0v) is 12.5. The number of benzene rings is 1. The van der Waals surface area contributed by atoms with E-state index in [1.807, 2.05) is 12.1 Å². The molecule has 6 nitrogen and oxygen atoms in total. The van der Waals surface area contributed by atoms with E-state index < -0.39 is 10.2 Å². The van der Waals surface area contributed by atoms with E-state index in [1.54, 1.807) is 20.3 Å². The van der Waals surface area contributed by atoms with Crippen LogP contribution < -0.4 is 14.2 Å². The van der Waals surface area contributed by atoms with Gasteiger partial charge in [-0.1, -0.05) is 6.07 Å². The molecule has 0 unspecified atom stereocenters. The van der Waals surface area contributed by atoms with Gasteiger partial charge in [-0.25, -0.2) is 4.72 Å². The van der Waals surface area contributed by atoms with E-state index in [-0.39, 0.29) is 0 Å². The number of nitrogens with zero attached hydrogens (tertiary/aromatic N) is 1.